The number of aromatic nitrogens is 2. The van der Waals surface area contributed by atoms with Gasteiger partial charge in [0.25, 0.3) is 0 Å². The molecule has 2 nitrogen and oxygen atoms in total. The molecule has 0 N–H and O–H groups in total. The smallest absolute Gasteiger partial charge is 0.216 e. The van der Waals surface area contributed by atoms with E-state index in [9.17, 15) is 0 Å². The molecule has 5 aromatic carbocycles. The highest BCUT2D eigenvalue weighted by Gasteiger charge is 2.48. The van der Waals surface area contributed by atoms with Gasteiger partial charge in [-0.25, -0.2) is 0 Å². The zero-order valence-corrected chi connectivity index (χ0v) is 29.6. The van der Waals surface area contributed by atoms with Crippen molar-refractivity contribution in [2.45, 2.75) is 65.3 Å². The highest BCUT2D eigenvalue weighted by molar-refractivity contribution is 6.11. The zero-order chi connectivity index (χ0) is 34.1. The maximum absolute atomic E-state index is 4.81. The van der Waals surface area contributed by atoms with Crippen molar-refractivity contribution in [2.75, 3.05) is 0 Å². The minimum atomic E-state index is -0.183. The Morgan fingerprint density at radius 3 is 1.67 bits per heavy atom. The maximum Gasteiger partial charge on any atom is 0.216 e. The van der Waals surface area contributed by atoms with Crippen LogP contribution in [-0.2, 0) is 11.0 Å². The molecule has 0 unspecified atom stereocenters. The summed E-state index contributed by atoms with van der Waals surface area (Å²) in [5, 5.41) is 2.52. The Balaban J connectivity index is 1.42. The van der Waals surface area contributed by atoms with Crippen LogP contribution in [-0.4, -0.2) is 4.57 Å². The Kier molecular flexibility index (Phi) is 7.26. The van der Waals surface area contributed by atoms with E-state index in [0.29, 0.717) is 0 Å². The van der Waals surface area contributed by atoms with Crippen LogP contribution in [0, 0.1) is 6.92 Å². The van der Waals surface area contributed by atoms with Gasteiger partial charge in [0, 0.05) is 48.2 Å². The van der Waals surface area contributed by atoms with Crippen LogP contribution in [0.15, 0.2) is 134 Å². The lowest BCUT2D eigenvalue weighted by molar-refractivity contribution is -0.746. The molecule has 0 radical (unpaired) electrons. The van der Waals surface area contributed by atoms with Gasteiger partial charge in [0.15, 0.2) is 11.2 Å². The zero-order valence-electron chi connectivity index (χ0n) is 29.6. The number of nitrogens with zero attached hydrogens (tertiary/aromatic N) is 2. The molecule has 0 saturated heterocycles. The molecule has 2 heteroatoms. The molecule has 242 valence electrons. The number of allylic oxidation sites excluding steroid dienone is 1. The molecule has 3 heterocycles. The van der Waals surface area contributed by atoms with Gasteiger partial charge >= 0.3 is 0 Å². The first-order chi connectivity index (χ1) is 23.6. The summed E-state index contributed by atoms with van der Waals surface area (Å²) in [4.78, 5) is 0. The second-order valence-corrected chi connectivity index (χ2v) is 14.8. The molecule has 0 amide bonds. The van der Waals surface area contributed by atoms with E-state index < -0.39 is 0 Å². The SMILES string of the molecule is C=C1c2cc(C(C)(C)C)ccc2-c2cc(-n3c4ccc(-c5ccccc5)cc4c4cc(-c5ccccc5)ccc43)cc(C)[n+]2C1(CC)CC. The van der Waals surface area contributed by atoms with Crippen molar-refractivity contribution < 1.29 is 4.57 Å². The average Bonchev–Trinajstić information content (AvgIpc) is 3.45. The molecule has 0 atom stereocenters. The molecular weight excluding hydrogens is 593 g/mol. The van der Waals surface area contributed by atoms with E-state index in [1.165, 1.54) is 83.4 Å². The van der Waals surface area contributed by atoms with E-state index in [2.05, 4.69) is 178 Å². The van der Waals surface area contributed by atoms with Gasteiger partial charge in [-0.1, -0.05) is 120 Å². The van der Waals surface area contributed by atoms with Crippen LogP contribution in [0.2, 0.25) is 0 Å². The van der Waals surface area contributed by atoms with Crippen LogP contribution in [0.4, 0.5) is 0 Å². The molecule has 1 aliphatic heterocycles. The summed E-state index contributed by atoms with van der Waals surface area (Å²) in [6, 6.07) is 47.3. The summed E-state index contributed by atoms with van der Waals surface area (Å²) in [7, 11) is 0. The number of rotatable bonds is 5. The lowest BCUT2D eigenvalue weighted by Gasteiger charge is -2.37. The lowest BCUT2D eigenvalue weighted by Crippen LogP contribution is -2.61. The Morgan fingerprint density at radius 1 is 0.612 bits per heavy atom. The molecule has 2 aromatic heterocycles. The summed E-state index contributed by atoms with van der Waals surface area (Å²) in [5.74, 6) is 0. The fraction of sp³-hybridized carbons (Fsp3) is 0.213. The first-order valence-electron chi connectivity index (χ1n) is 17.8. The topological polar surface area (TPSA) is 8.81 Å². The molecule has 0 aliphatic carbocycles. The van der Waals surface area contributed by atoms with E-state index >= 15 is 0 Å². The Morgan fingerprint density at radius 2 is 1.16 bits per heavy atom. The van der Waals surface area contributed by atoms with Crippen molar-refractivity contribution in [2.24, 2.45) is 0 Å². The second kappa shape index (κ2) is 11.4. The molecule has 7 aromatic rings. The van der Waals surface area contributed by atoms with Crippen molar-refractivity contribution in [1.29, 1.82) is 0 Å². The second-order valence-electron chi connectivity index (χ2n) is 14.8. The summed E-state index contributed by atoms with van der Waals surface area (Å²) in [6.07, 6.45) is 1.97. The average molecular weight is 638 g/mol. The van der Waals surface area contributed by atoms with Gasteiger partial charge in [-0.3, -0.25) is 0 Å². The Labute approximate surface area is 291 Å². The number of fused-ring (bicyclic) bond motifs is 6. The van der Waals surface area contributed by atoms with Crippen molar-refractivity contribution >= 4 is 27.4 Å². The largest absolute Gasteiger partial charge is 0.309 e. The quantitative estimate of drug-likeness (QED) is 0.166. The van der Waals surface area contributed by atoms with Crippen LogP contribution < -0.4 is 4.57 Å². The first kappa shape index (κ1) is 31.1. The number of benzene rings is 5. The van der Waals surface area contributed by atoms with Gasteiger partial charge in [0.2, 0.25) is 5.69 Å². The summed E-state index contributed by atoms with van der Waals surface area (Å²) >= 11 is 0. The van der Waals surface area contributed by atoms with Gasteiger partial charge in [-0.2, -0.15) is 4.57 Å². The fourth-order valence-electron chi connectivity index (χ4n) is 8.39. The number of pyridine rings is 1. The van der Waals surface area contributed by atoms with Crippen molar-refractivity contribution in [3.8, 4) is 39.2 Å². The Bertz CT molecular complexity index is 2300. The molecule has 0 fully saturated rings. The van der Waals surface area contributed by atoms with E-state index in [-0.39, 0.29) is 11.0 Å². The predicted molar refractivity (Wildman–Crippen MR) is 208 cm³/mol. The number of hydrogen-bond donors (Lipinski definition) is 0. The third-order valence-corrected chi connectivity index (χ3v) is 11.1. The van der Waals surface area contributed by atoms with Crippen molar-refractivity contribution in [1.82, 2.24) is 4.57 Å². The van der Waals surface area contributed by atoms with Gasteiger partial charge < -0.3 is 4.57 Å². The van der Waals surface area contributed by atoms with Crippen LogP contribution in [0.5, 0.6) is 0 Å². The minimum absolute atomic E-state index is 0.0573. The summed E-state index contributed by atoms with van der Waals surface area (Å²) in [6.45, 7) is 18.6. The van der Waals surface area contributed by atoms with Crippen LogP contribution in [0.25, 0.3) is 66.6 Å². The normalized spacial score (nSPS) is 13.9. The highest BCUT2D eigenvalue weighted by Crippen LogP contribution is 2.46. The van der Waals surface area contributed by atoms with Crippen LogP contribution >= 0.6 is 0 Å². The molecule has 0 bridgehead atoms. The predicted octanol–water partition coefficient (Wildman–Crippen LogP) is 12.2. The van der Waals surface area contributed by atoms with Crippen LogP contribution in [0.3, 0.4) is 0 Å². The maximum atomic E-state index is 4.81. The third kappa shape index (κ3) is 4.80. The Hall–Kier alpha value is -5.21. The van der Waals surface area contributed by atoms with Gasteiger partial charge in [-0.15, -0.1) is 0 Å². The molecule has 0 spiro atoms. The van der Waals surface area contributed by atoms with E-state index in [1.54, 1.807) is 0 Å². The summed E-state index contributed by atoms with van der Waals surface area (Å²) < 4.78 is 5.07. The molecule has 49 heavy (non-hydrogen) atoms. The third-order valence-electron chi connectivity index (χ3n) is 11.1. The number of hydrogen-bond acceptors (Lipinski definition) is 0. The molecule has 1 aliphatic rings. The first-order valence-corrected chi connectivity index (χ1v) is 17.8. The minimum Gasteiger partial charge on any atom is -0.309 e. The molecular formula is C47H45N2+. The molecule has 0 saturated carbocycles. The van der Waals surface area contributed by atoms with Crippen molar-refractivity contribution in [3.63, 3.8) is 0 Å². The van der Waals surface area contributed by atoms with E-state index in [4.69, 9.17) is 6.58 Å². The lowest BCUT2D eigenvalue weighted by atomic mass is 9.73. The van der Waals surface area contributed by atoms with Gasteiger partial charge in [0.05, 0.1) is 22.3 Å². The standard InChI is InChI=1S/C47H45N2/c1-8-47(9-2)32(4)40-29-37(46(5,6)7)22-23-39(40)45-30-38(26-31(3)49(45)47)48-43-24-20-35(33-16-12-10-13-17-33)27-41(43)42-28-36(21-25-44(42)48)34-18-14-11-15-19-34/h10-30H,4,8-9H2,1-3,5-7H3/q+1. The summed E-state index contributed by atoms with van der Waals surface area (Å²) in [5.41, 5.74) is 16.0. The van der Waals surface area contributed by atoms with Crippen molar-refractivity contribution in [3.05, 3.63) is 151 Å². The van der Waals surface area contributed by atoms with Gasteiger partial charge in [0.1, 0.15) is 0 Å². The molecule has 8 rings (SSSR count). The van der Waals surface area contributed by atoms with Crippen LogP contribution in [0.1, 0.15) is 64.3 Å². The van der Waals surface area contributed by atoms with E-state index in [1.807, 2.05) is 0 Å². The highest BCUT2D eigenvalue weighted by atomic mass is 15.1. The monoisotopic (exact) mass is 637 g/mol. The number of aryl methyl sites for hydroxylation is 1. The fourth-order valence-corrected chi connectivity index (χ4v) is 8.39. The van der Waals surface area contributed by atoms with Gasteiger partial charge in [-0.05, 0) is 75.2 Å². The van der Waals surface area contributed by atoms with E-state index in [0.717, 1.165) is 12.8 Å².